The molecular weight excluding hydrogens is 206 g/mol. The number of nitrogens with zero attached hydrogens (tertiary/aromatic N) is 3. The van der Waals surface area contributed by atoms with Gasteiger partial charge in [-0.05, 0) is 13.1 Å². The molecule has 0 amide bonds. The van der Waals surface area contributed by atoms with Crippen LogP contribution >= 0.6 is 11.3 Å². The van der Waals surface area contributed by atoms with Crippen LogP contribution < -0.4 is 0 Å². The van der Waals surface area contributed by atoms with Crippen molar-refractivity contribution in [2.75, 3.05) is 33.2 Å². The minimum absolute atomic E-state index is 0.984. The third-order valence-electron chi connectivity index (χ3n) is 2.73. The number of likely N-dealkylation sites (N-methyl/N-ethyl adjacent to an activating group) is 1. The van der Waals surface area contributed by atoms with Crippen LogP contribution in [0, 0.1) is 0 Å². The van der Waals surface area contributed by atoms with Gasteiger partial charge in [-0.1, -0.05) is 6.58 Å². The zero-order valence-corrected chi connectivity index (χ0v) is 9.96. The summed E-state index contributed by atoms with van der Waals surface area (Å²) < 4.78 is 0. The van der Waals surface area contributed by atoms with Crippen molar-refractivity contribution in [1.82, 2.24) is 14.8 Å². The standard InChI is InChI=1S/C11H17N3S/c1-3-11-12-10(9-15-11)8-14-6-4-13(2)5-7-14/h3,9H,1,4-8H2,2H3. The Labute approximate surface area is 95.0 Å². The molecule has 2 heterocycles. The summed E-state index contributed by atoms with van der Waals surface area (Å²) >= 11 is 1.67. The van der Waals surface area contributed by atoms with Gasteiger partial charge in [0.05, 0.1) is 5.69 Å². The van der Waals surface area contributed by atoms with Crippen LogP contribution in [0.2, 0.25) is 0 Å². The first-order valence-corrected chi connectivity index (χ1v) is 6.13. The van der Waals surface area contributed by atoms with Gasteiger partial charge in [0.25, 0.3) is 0 Å². The summed E-state index contributed by atoms with van der Waals surface area (Å²) in [7, 11) is 2.18. The predicted molar refractivity (Wildman–Crippen MR) is 65.0 cm³/mol. The zero-order valence-electron chi connectivity index (χ0n) is 9.15. The topological polar surface area (TPSA) is 19.4 Å². The van der Waals surface area contributed by atoms with Gasteiger partial charge in [-0.25, -0.2) is 4.98 Å². The smallest absolute Gasteiger partial charge is 0.115 e. The van der Waals surface area contributed by atoms with E-state index in [0.29, 0.717) is 0 Å². The molecule has 0 N–H and O–H groups in total. The highest BCUT2D eigenvalue weighted by molar-refractivity contribution is 7.10. The van der Waals surface area contributed by atoms with E-state index in [0.717, 1.165) is 24.6 Å². The molecule has 15 heavy (non-hydrogen) atoms. The molecule has 0 spiro atoms. The Bertz CT molecular complexity index is 326. The van der Waals surface area contributed by atoms with E-state index in [-0.39, 0.29) is 0 Å². The van der Waals surface area contributed by atoms with E-state index in [1.165, 1.54) is 18.8 Å². The summed E-state index contributed by atoms with van der Waals surface area (Å²) in [6, 6.07) is 0. The second kappa shape index (κ2) is 4.88. The van der Waals surface area contributed by atoms with Gasteiger partial charge in [0.1, 0.15) is 5.01 Å². The molecular formula is C11H17N3S. The van der Waals surface area contributed by atoms with Crippen molar-refractivity contribution >= 4 is 17.4 Å². The van der Waals surface area contributed by atoms with Crippen LogP contribution in [0.1, 0.15) is 10.7 Å². The molecule has 4 heteroatoms. The number of hydrogen-bond donors (Lipinski definition) is 0. The quantitative estimate of drug-likeness (QED) is 0.775. The van der Waals surface area contributed by atoms with Gasteiger partial charge >= 0.3 is 0 Å². The Morgan fingerprint density at radius 1 is 1.47 bits per heavy atom. The van der Waals surface area contributed by atoms with Gasteiger partial charge in [-0.3, -0.25) is 4.90 Å². The lowest BCUT2D eigenvalue weighted by Gasteiger charge is -2.31. The normalized spacial score (nSPS) is 19.3. The average Bonchev–Trinajstić information content (AvgIpc) is 2.69. The molecule has 2 rings (SSSR count). The third-order valence-corrected chi connectivity index (χ3v) is 3.62. The monoisotopic (exact) mass is 223 g/mol. The fourth-order valence-electron chi connectivity index (χ4n) is 1.72. The van der Waals surface area contributed by atoms with Crippen molar-refractivity contribution in [3.05, 3.63) is 22.7 Å². The summed E-state index contributed by atoms with van der Waals surface area (Å²) in [5.41, 5.74) is 1.18. The number of piperazine rings is 1. The molecule has 3 nitrogen and oxygen atoms in total. The lowest BCUT2D eigenvalue weighted by Crippen LogP contribution is -2.43. The van der Waals surface area contributed by atoms with Crippen molar-refractivity contribution in [1.29, 1.82) is 0 Å². The van der Waals surface area contributed by atoms with Crippen LogP contribution in [0.3, 0.4) is 0 Å². The molecule has 1 saturated heterocycles. The van der Waals surface area contributed by atoms with E-state index in [4.69, 9.17) is 0 Å². The molecule has 0 aromatic carbocycles. The fraction of sp³-hybridized carbons (Fsp3) is 0.545. The van der Waals surface area contributed by atoms with E-state index in [9.17, 15) is 0 Å². The minimum atomic E-state index is 0.984. The number of hydrogen-bond acceptors (Lipinski definition) is 4. The van der Waals surface area contributed by atoms with Gasteiger partial charge in [-0.15, -0.1) is 11.3 Å². The number of rotatable bonds is 3. The number of aromatic nitrogens is 1. The van der Waals surface area contributed by atoms with Gasteiger partial charge in [0.2, 0.25) is 0 Å². The maximum Gasteiger partial charge on any atom is 0.115 e. The summed E-state index contributed by atoms with van der Waals surface area (Å²) in [5, 5.41) is 3.16. The fourth-order valence-corrected chi connectivity index (χ4v) is 2.37. The summed E-state index contributed by atoms with van der Waals surface area (Å²) in [5.74, 6) is 0. The van der Waals surface area contributed by atoms with Crippen molar-refractivity contribution in [2.24, 2.45) is 0 Å². The summed E-state index contributed by atoms with van der Waals surface area (Å²) in [6.45, 7) is 9.34. The Morgan fingerprint density at radius 3 is 2.80 bits per heavy atom. The average molecular weight is 223 g/mol. The molecule has 1 fully saturated rings. The molecule has 0 saturated carbocycles. The van der Waals surface area contributed by atoms with Crippen molar-refractivity contribution in [3.63, 3.8) is 0 Å². The van der Waals surface area contributed by atoms with Crippen molar-refractivity contribution in [3.8, 4) is 0 Å². The molecule has 1 aromatic heterocycles. The minimum Gasteiger partial charge on any atom is -0.304 e. The van der Waals surface area contributed by atoms with Crippen LogP contribution in [0.4, 0.5) is 0 Å². The molecule has 0 bridgehead atoms. The van der Waals surface area contributed by atoms with Gasteiger partial charge in [-0.2, -0.15) is 0 Å². The van der Waals surface area contributed by atoms with E-state index in [1.807, 2.05) is 6.08 Å². The maximum atomic E-state index is 4.49. The van der Waals surface area contributed by atoms with Crippen molar-refractivity contribution in [2.45, 2.75) is 6.54 Å². The Balaban J connectivity index is 1.88. The van der Waals surface area contributed by atoms with Crippen LogP contribution in [-0.4, -0.2) is 48.0 Å². The maximum absolute atomic E-state index is 4.49. The van der Waals surface area contributed by atoms with E-state index >= 15 is 0 Å². The van der Waals surface area contributed by atoms with Crippen LogP contribution in [0.15, 0.2) is 12.0 Å². The van der Waals surface area contributed by atoms with E-state index in [2.05, 4.69) is 33.8 Å². The molecule has 0 atom stereocenters. The van der Waals surface area contributed by atoms with Crippen LogP contribution in [0.5, 0.6) is 0 Å². The van der Waals surface area contributed by atoms with Crippen molar-refractivity contribution < 1.29 is 0 Å². The molecule has 0 aliphatic carbocycles. The highest BCUT2D eigenvalue weighted by Crippen LogP contribution is 2.13. The van der Waals surface area contributed by atoms with E-state index < -0.39 is 0 Å². The molecule has 1 aliphatic heterocycles. The molecule has 1 aliphatic rings. The largest absolute Gasteiger partial charge is 0.304 e. The first kappa shape index (κ1) is 10.8. The first-order chi connectivity index (χ1) is 7.28. The molecule has 1 aromatic rings. The highest BCUT2D eigenvalue weighted by Gasteiger charge is 2.14. The summed E-state index contributed by atoms with van der Waals surface area (Å²) in [6.07, 6.45) is 1.82. The Kier molecular flexibility index (Phi) is 3.51. The number of thiazole rings is 1. The van der Waals surface area contributed by atoms with Gasteiger partial charge < -0.3 is 4.90 Å². The molecule has 0 radical (unpaired) electrons. The Morgan fingerprint density at radius 2 is 2.20 bits per heavy atom. The van der Waals surface area contributed by atoms with Gasteiger partial charge in [0, 0.05) is 38.1 Å². The second-order valence-electron chi connectivity index (χ2n) is 3.96. The Hall–Kier alpha value is -0.710. The molecule has 82 valence electrons. The second-order valence-corrected chi connectivity index (χ2v) is 4.85. The summed E-state index contributed by atoms with van der Waals surface area (Å²) in [4.78, 5) is 9.32. The zero-order chi connectivity index (χ0) is 10.7. The molecule has 0 unspecified atom stereocenters. The van der Waals surface area contributed by atoms with E-state index in [1.54, 1.807) is 11.3 Å². The first-order valence-electron chi connectivity index (χ1n) is 5.25. The lowest BCUT2D eigenvalue weighted by atomic mass is 10.3. The van der Waals surface area contributed by atoms with Gasteiger partial charge in [0.15, 0.2) is 0 Å². The highest BCUT2D eigenvalue weighted by atomic mass is 32.1. The third kappa shape index (κ3) is 2.87. The van der Waals surface area contributed by atoms with Crippen LogP contribution in [0.25, 0.3) is 6.08 Å². The predicted octanol–water partition coefficient (Wildman–Crippen LogP) is 1.53. The lowest BCUT2D eigenvalue weighted by molar-refractivity contribution is 0.147. The SMILES string of the molecule is C=Cc1nc(CN2CCN(C)CC2)cs1. The van der Waals surface area contributed by atoms with Crippen LogP contribution in [-0.2, 0) is 6.54 Å².